The number of methoxy groups -OCH3 is 1. The molecule has 0 bridgehead atoms. The number of rotatable bonds is 6. The van der Waals surface area contributed by atoms with Crippen LogP contribution in [0.25, 0.3) is 0 Å². The molecule has 4 nitrogen and oxygen atoms in total. The Morgan fingerprint density at radius 1 is 1.27 bits per heavy atom. The number of nitrogens with zero attached hydrogens (tertiary/aromatic N) is 1. The Hall–Kier alpha value is -0.160. The fourth-order valence-electron chi connectivity index (χ4n) is 1.86. The summed E-state index contributed by atoms with van der Waals surface area (Å²) in [5.74, 6) is 0. The Bertz CT molecular complexity index is 174. The molecule has 15 heavy (non-hydrogen) atoms. The molecule has 1 heterocycles. The Morgan fingerprint density at radius 3 is 2.73 bits per heavy atom. The van der Waals surface area contributed by atoms with Crippen LogP contribution in [0.15, 0.2) is 0 Å². The Balaban J connectivity index is 2.13. The van der Waals surface area contributed by atoms with Crippen LogP contribution in [0, 0.1) is 0 Å². The molecule has 4 heteroatoms. The van der Waals surface area contributed by atoms with Crippen LogP contribution in [0.3, 0.4) is 0 Å². The van der Waals surface area contributed by atoms with Crippen LogP contribution in [0.4, 0.5) is 0 Å². The van der Waals surface area contributed by atoms with Gasteiger partial charge < -0.3 is 14.8 Å². The fraction of sp³-hybridized carbons (Fsp3) is 1.00. The summed E-state index contributed by atoms with van der Waals surface area (Å²) in [5, 5.41) is 3.41. The second-order valence-corrected chi connectivity index (χ2v) is 4.58. The Kier molecular flexibility index (Phi) is 5.53. The fourth-order valence-corrected chi connectivity index (χ4v) is 1.86. The minimum Gasteiger partial charge on any atom is -0.382 e. The summed E-state index contributed by atoms with van der Waals surface area (Å²) in [6, 6.07) is 0. The van der Waals surface area contributed by atoms with E-state index in [9.17, 15) is 0 Å². The molecule has 1 fully saturated rings. The van der Waals surface area contributed by atoms with E-state index in [0.717, 1.165) is 32.8 Å². The van der Waals surface area contributed by atoms with Crippen molar-refractivity contribution in [3.8, 4) is 0 Å². The van der Waals surface area contributed by atoms with Gasteiger partial charge in [-0.3, -0.25) is 4.90 Å². The lowest BCUT2D eigenvalue weighted by Gasteiger charge is -2.42. The van der Waals surface area contributed by atoms with Crippen molar-refractivity contribution in [3.05, 3.63) is 0 Å². The molecule has 0 unspecified atom stereocenters. The number of hydrogen-bond acceptors (Lipinski definition) is 4. The first-order valence-electron chi connectivity index (χ1n) is 5.69. The summed E-state index contributed by atoms with van der Waals surface area (Å²) in [6.07, 6.45) is 0. The van der Waals surface area contributed by atoms with Crippen LogP contribution in [-0.2, 0) is 9.47 Å². The highest BCUT2D eigenvalue weighted by Gasteiger charge is 2.28. The first-order valence-corrected chi connectivity index (χ1v) is 5.69. The Labute approximate surface area is 92.9 Å². The van der Waals surface area contributed by atoms with E-state index in [1.54, 1.807) is 7.11 Å². The van der Waals surface area contributed by atoms with E-state index in [0.29, 0.717) is 13.2 Å². The average Bonchev–Trinajstić information content (AvgIpc) is 2.19. The van der Waals surface area contributed by atoms with Gasteiger partial charge in [0.25, 0.3) is 0 Å². The minimum absolute atomic E-state index is 0.253. The van der Waals surface area contributed by atoms with Crippen molar-refractivity contribution in [2.75, 3.05) is 53.1 Å². The maximum Gasteiger partial charge on any atom is 0.0700 e. The van der Waals surface area contributed by atoms with E-state index in [-0.39, 0.29) is 5.54 Å². The topological polar surface area (TPSA) is 33.7 Å². The van der Waals surface area contributed by atoms with E-state index in [4.69, 9.17) is 9.47 Å². The highest BCUT2D eigenvalue weighted by Crippen LogP contribution is 2.15. The van der Waals surface area contributed by atoms with Gasteiger partial charge in [-0.05, 0) is 13.8 Å². The first kappa shape index (κ1) is 12.9. The third kappa shape index (κ3) is 4.47. The zero-order valence-electron chi connectivity index (χ0n) is 10.2. The van der Waals surface area contributed by atoms with Gasteiger partial charge >= 0.3 is 0 Å². The van der Waals surface area contributed by atoms with Gasteiger partial charge in [0.05, 0.1) is 19.8 Å². The number of ether oxygens (including phenoxy) is 2. The van der Waals surface area contributed by atoms with Crippen molar-refractivity contribution in [3.63, 3.8) is 0 Å². The molecule has 0 atom stereocenters. The van der Waals surface area contributed by atoms with Gasteiger partial charge in [-0.1, -0.05) is 0 Å². The molecule has 1 aliphatic heterocycles. The van der Waals surface area contributed by atoms with Gasteiger partial charge in [0.2, 0.25) is 0 Å². The van der Waals surface area contributed by atoms with E-state index < -0.39 is 0 Å². The van der Waals surface area contributed by atoms with Crippen molar-refractivity contribution in [1.29, 1.82) is 0 Å². The molecule has 0 aromatic carbocycles. The lowest BCUT2D eigenvalue weighted by molar-refractivity contribution is 0.0255. The molecule has 0 spiro atoms. The second kappa shape index (κ2) is 6.43. The van der Waals surface area contributed by atoms with Crippen molar-refractivity contribution in [1.82, 2.24) is 10.2 Å². The molecule has 90 valence electrons. The summed E-state index contributed by atoms with van der Waals surface area (Å²) in [7, 11) is 1.70. The predicted octanol–water partition coefficient (Wildman–Crippen LogP) is 0.333. The number of hydrogen-bond donors (Lipinski definition) is 1. The normalized spacial score (nSPS) is 21.8. The molecule has 0 saturated carbocycles. The maximum absolute atomic E-state index is 5.48. The second-order valence-electron chi connectivity index (χ2n) is 4.58. The molecule has 1 saturated heterocycles. The van der Waals surface area contributed by atoms with E-state index in [1.165, 1.54) is 0 Å². The van der Waals surface area contributed by atoms with Crippen molar-refractivity contribution in [2.24, 2.45) is 0 Å². The summed E-state index contributed by atoms with van der Waals surface area (Å²) in [5.41, 5.74) is 0.253. The van der Waals surface area contributed by atoms with Gasteiger partial charge in [-0.2, -0.15) is 0 Å². The molecule has 0 amide bonds. The van der Waals surface area contributed by atoms with Crippen molar-refractivity contribution < 1.29 is 9.47 Å². The maximum atomic E-state index is 5.48. The molecular weight excluding hydrogens is 192 g/mol. The molecule has 1 aliphatic rings. The van der Waals surface area contributed by atoms with Crippen molar-refractivity contribution >= 4 is 0 Å². The largest absolute Gasteiger partial charge is 0.382 e. The SMILES string of the molecule is COCCOCCN1CCNCC1(C)C. The highest BCUT2D eigenvalue weighted by molar-refractivity contribution is 4.87. The van der Waals surface area contributed by atoms with Crippen molar-refractivity contribution in [2.45, 2.75) is 19.4 Å². The third-order valence-corrected chi connectivity index (χ3v) is 2.91. The standard InChI is InChI=1S/C11H24N2O2/c1-11(2)10-12-4-5-13(11)6-7-15-9-8-14-3/h12H,4-10H2,1-3H3. The van der Waals surface area contributed by atoms with Gasteiger partial charge in [0, 0.05) is 38.8 Å². The van der Waals surface area contributed by atoms with E-state index >= 15 is 0 Å². The molecule has 1 rings (SSSR count). The molecule has 0 aromatic heterocycles. The number of piperazine rings is 1. The lowest BCUT2D eigenvalue weighted by atomic mass is 10.0. The molecular formula is C11H24N2O2. The highest BCUT2D eigenvalue weighted by atomic mass is 16.5. The van der Waals surface area contributed by atoms with Crippen LogP contribution in [-0.4, -0.2) is 63.5 Å². The molecule has 0 aliphatic carbocycles. The van der Waals surface area contributed by atoms with Crippen LogP contribution in [0.5, 0.6) is 0 Å². The van der Waals surface area contributed by atoms with Gasteiger partial charge in [-0.25, -0.2) is 0 Å². The van der Waals surface area contributed by atoms with Gasteiger partial charge in [0.1, 0.15) is 0 Å². The summed E-state index contributed by atoms with van der Waals surface area (Å²) < 4.78 is 10.4. The predicted molar refractivity (Wildman–Crippen MR) is 61.2 cm³/mol. The Morgan fingerprint density at radius 2 is 2.07 bits per heavy atom. The number of nitrogens with one attached hydrogen (secondary N) is 1. The molecule has 0 aromatic rings. The zero-order valence-corrected chi connectivity index (χ0v) is 10.2. The van der Waals surface area contributed by atoms with Crippen LogP contribution >= 0.6 is 0 Å². The summed E-state index contributed by atoms with van der Waals surface area (Å²) >= 11 is 0. The van der Waals surface area contributed by atoms with Crippen LogP contribution in [0.2, 0.25) is 0 Å². The summed E-state index contributed by atoms with van der Waals surface area (Å²) in [6.45, 7) is 11.0. The zero-order chi connectivity index (χ0) is 11.1. The molecule has 0 radical (unpaired) electrons. The smallest absolute Gasteiger partial charge is 0.0700 e. The quantitative estimate of drug-likeness (QED) is 0.649. The molecule has 1 N–H and O–H groups in total. The summed E-state index contributed by atoms with van der Waals surface area (Å²) in [4.78, 5) is 2.48. The first-order chi connectivity index (χ1) is 7.17. The van der Waals surface area contributed by atoms with Crippen LogP contribution in [0.1, 0.15) is 13.8 Å². The van der Waals surface area contributed by atoms with E-state index in [2.05, 4.69) is 24.1 Å². The lowest BCUT2D eigenvalue weighted by Crippen LogP contribution is -2.58. The van der Waals surface area contributed by atoms with Crippen LogP contribution < -0.4 is 5.32 Å². The third-order valence-electron chi connectivity index (χ3n) is 2.91. The average molecular weight is 216 g/mol. The minimum atomic E-state index is 0.253. The van der Waals surface area contributed by atoms with E-state index in [1.807, 2.05) is 0 Å². The monoisotopic (exact) mass is 216 g/mol. The van der Waals surface area contributed by atoms with Gasteiger partial charge in [0.15, 0.2) is 0 Å². The van der Waals surface area contributed by atoms with Gasteiger partial charge in [-0.15, -0.1) is 0 Å².